The van der Waals surface area contributed by atoms with Crippen LogP contribution in [0.1, 0.15) is 48.5 Å². The highest BCUT2D eigenvalue weighted by molar-refractivity contribution is 6.30. The summed E-state index contributed by atoms with van der Waals surface area (Å²) in [4.78, 5) is 37.2. The molecule has 6 nitrogen and oxygen atoms in total. The van der Waals surface area contributed by atoms with Crippen LogP contribution in [0, 0.1) is 5.92 Å². The van der Waals surface area contributed by atoms with Crippen LogP contribution in [-0.2, 0) is 9.59 Å². The molecule has 3 amide bonds. The molecule has 2 atom stereocenters. The van der Waals surface area contributed by atoms with Gasteiger partial charge in [0, 0.05) is 11.6 Å². The van der Waals surface area contributed by atoms with E-state index >= 15 is 0 Å². The van der Waals surface area contributed by atoms with Crippen molar-refractivity contribution in [3.8, 4) is 0 Å². The topological polar surface area (TPSA) is 87.3 Å². The number of amides is 3. The molecule has 1 heterocycles. The van der Waals surface area contributed by atoms with Crippen molar-refractivity contribution in [1.29, 1.82) is 0 Å². The van der Waals surface area contributed by atoms with E-state index in [1.165, 1.54) is 5.56 Å². The molecule has 2 aromatic carbocycles. The number of benzene rings is 2. The Hall–Kier alpha value is -2.86. The van der Waals surface area contributed by atoms with Crippen molar-refractivity contribution in [3.63, 3.8) is 0 Å². The van der Waals surface area contributed by atoms with E-state index in [-0.39, 0.29) is 24.2 Å². The number of carbonyl (C=O) groups excluding carboxylic acids is 3. The number of hydrogen-bond donors (Lipinski definition) is 3. The normalized spacial score (nSPS) is 16.9. The third-order valence-electron chi connectivity index (χ3n) is 5.32. The third kappa shape index (κ3) is 5.39. The quantitative estimate of drug-likeness (QED) is 0.629. The van der Waals surface area contributed by atoms with Gasteiger partial charge < -0.3 is 16.0 Å². The second-order valence-corrected chi connectivity index (χ2v) is 8.24. The third-order valence-corrected chi connectivity index (χ3v) is 5.57. The monoisotopic (exact) mass is 427 g/mol. The van der Waals surface area contributed by atoms with Crippen LogP contribution in [0.15, 0.2) is 48.5 Å². The molecule has 0 radical (unpaired) electrons. The van der Waals surface area contributed by atoms with Gasteiger partial charge in [0.05, 0.1) is 17.7 Å². The average Bonchev–Trinajstić information content (AvgIpc) is 2.82. The average molecular weight is 428 g/mol. The fraction of sp³-hybridized carbons (Fsp3) is 0.348. The van der Waals surface area contributed by atoms with Gasteiger partial charge in [-0.1, -0.05) is 49.7 Å². The van der Waals surface area contributed by atoms with Gasteiger partial charge in [-0.2, -0.15) is 0 Å². The zero-order chi connectivity index (χ0) is 21.7. The predicted molar refractivity (Wildman–Crippen MR) is 118 cm³/mol. The van der Waals surface area contributed by atoms with Gasteiger partial charge >= 0.3 is 0 Å². The SMILES string of the molecule is CC(C)C(CCNC(=O)C[C@@H]1NC(=O)c2ccccc2NC1=O)c1ccc(Cl)cc1. The van der Waals surface area contributed by atoms with Crippen molar-refractivity contribution in [2.45, 2.75) is 38.6 Å². The molecule has 30 heavy (non-hydrogen) atoms. The van der Waals surface area contributed by atoms with Gasteiger partial charge in [0.15, 0.2) is 0 Å². The minimum Gasteiger partial charge on any atom is -0.356 e. The Morgan fingerprint density at radius 3 is 2.50 bits per heavy atom. The fourth-order valence-electron chi connectivity index (χ4n) is 3.67. The van der Waals surface area contributed by atoms with Crippen LogP contribution in [0.5, 0.6) is 0 Å². The Labute approximate surface area is 181 Å². The molecular weight excluding hydrogens is 402 g/mol. The highest BCUT2D eigenvalue weighted by Crippen LogP contribution is 2.28. The highest BCUT2D eigenvalue weighted by Gasteiger charge is 2.29. The van der Waals surface area contributed by atoms with Crippen molar-refractivity contribution in [1.82, 2.24) is 10.6 Å². The number of rotatable bonds is 7. The summed E-state index contributed by atoms with van der Waals surface area (Å²) in [5.41, 5.74) is 2.01. The molecule has 158 valence electrons. The Morgan fingerprint density at radius 1 is 1.10 bits per heavy atom. The summed E-state index contributed by atoms with van der Waals surface area (Å²) in [5, 5.41) is 8.92. The first-order chi connectivity index (χ1) is 14.3. The molecular formula is C23H26ClN3O3. The van der Waals surface area contributed by atoms with Crippen molar-refractivity contribution < 1.29 is 14.4 Å². The summed E-state index contributed by atoms with van der Waals surface area (Å²) in [6.07, 6.45) is 0.651. The minimum atomic E-state index is -0.915. The van der Waals surface area contributed by atoms with Crippen LogP contribution >= 0.6 is 11.6 Å². The second-order valence-electron chi connectivity index (χ2n) is 7.81. The van der Waals surface area contributed by atoms with Gasteiger partial charge in [-0.05, 0) is 48.1 Å². The molecule has 1 aliphatic rings. The second kappa shape index (κ2) is 9.76. The van der Waals surface area contributed by atoms with E-state index in [9.17, 15) is 14.4 Å². The van der Waals surface area contributed by atoms with E-state index in [1.807, 2.05) is 24.3 Å². The molecule has 0 aromatic heterocycles. The van der Waals surface area contributed by atoms with E-state index in [0.717, 1.165) is 6.42 Å². The number of halogens is 1. The Bertz CT molecular complexity index is 928. The smallest absolute Gasteiger partial charge is 0.254 e. The molecule has 0 spiro atoms. The predicted octanol–water partition coefficient (Wildman–Crippen LogP) is 3.73. The highest BCUT2D eigenvalue weighted by atomic mass is 35.5. The Balaban J connectivity index is 1.54. The van der Waals surface area contributed by atoms with E-state index in [4.69, 9.17) is 11.6 Å². The van der Waals surface area contributed by atoms with Crippen molar-refractivity contribution in [3.05, 3.63) is 64.7 Å². The summed E-state index contributed by atoms with van der Waals surface area (Å²) in [7, 11) is 0. The molecule has 0 saturated carbocycles. The van der Waals surface area contributed by atoms with E-state index in [1.54, 1.807) is 24.3 Å². The lowest BCUT2D eigenvalue weighted by Gasteiger charge is -2.22. The lowest BCUT2D eigenvalue weighted by molar-refractivity contribution is -0.125. The minimum absolute atomic E-state index is 0.112. The largest absolute Gasteiger partial charge is 0.356 e. The summed E-state index contributed by atoms with van der Waals surface area (Å²) in [6.45, 7) is 4.77. The number of carbonyl (C=O) groups is 3. The summed E-state index contributed by atoms with van der Waals surface area (Å²) in [6, 6.07) is 13.6. The fourth-order valence-corrected chi connectivity index (χ4v) is 3.80. The molecule has 3 N–H and O–H groups in total. The van der Waals surface area contributed by atoms with Crippen LogP contribution < -0.4 is 16.0 Å². The van der Waals surface area contributed by atoms with Gasteiger partial charge in [-0.15, -0.1) is 0 Å². The van der Waals surface area contributed by atoms with Gasteiger partial charge in [-0.3, -0.25) is 14.4 Å². The van der Waals surface area contributed by atoms with E-state index in [0.29, 0.717) is 28.7 Å². The number of anilines is 1. The zero-order valence-electron chi connectivity index (χ0n) is 17.1. The summed E-state index contributed by atoms with van der Waals surface area (Å²) >= 11 is 5.98. The zero-order valence-corrected chi connectivity index (χ0v) is 17.8. The van der Waals surface area contributed by atoms with Crippen molar-refractivity contribution in [2.75, 3.05) is 11.9 Å². The maximum Gasteiger partial charge on any atom is 0.254 e. The van der Waals surface area contributed by atoms with Crippen LogP contribution in [0.3, 0.4) is 0 Å². The van der Waals surface area contributed by atoms with E-state index < -0.39 is 11.9 Å². The maximum atomic E-state index is 12.4. The van der Waals surface area contributed by atoms with Crippen LogP contribution in [0.25, 0.3) is 0 Å². The van der Waals surface area contributed by atoms with Crippen molar-refractivity contribution in [2.24, 2.45) is 5.92 Å². The summed E-state index contributed by atoms with van der Waals surface area (Å²) < 4.78 is 0. The van der Waals surface area contributed by atoms with Gasteiger partial charge in [0.1, 0.15) is 6.04 Å². The van der Waals surface area contributed by atoms with Crippen molar-refractivity contribution >= 4 is 35.0 Å². The van der Waals surface area contributed by atoms with E-state index in [2.05, 4.69) is 29.8 Å². The molecule has 1 aliphatic heterocycles. The number of para-hydroxylation sites is 1. The molecule has 0 fully saturated rings. The molecule has 3 rings (SSSR count). The lowest BCUT2D eigenvalue weighted by atomic mass is 9.86. The molecule has 0 bridgehead atoms. The van der Waals surface area contributed by atoms with Crippen LogP contribution in [0.4, 0.5) is 5.69 Å². The maximum absolute atomic E-state index is 12.4. The lowest BCUT2D eigenvalue weighted by Crippen LogP contribution is -2.44. The first kappa shape index (κ1) is 21.8. The standard InChI is InChI=1S/C23H26ClN3O3/c1-14(2)17(15-7-9-16(24)10-8-15)11-12-25-21(28)13-20-23(30)26-19-6-4-3-5-18(19)22(29)27-20/h3-10,14,17,20H,11-13H2,1-2H3,(H,25,28)(H,26,30)(H,27,29)/t17?,20-/m0/s1. The van der Waals surface area contributed by atoms with Crippen LogP contribution in [-0.4, -0.2) is 30.3 Å². The molecule has 2 aromatic rings. The Morgan fingerprint density at radius 2 is 1.80 bits per heavy atom. The van der Waals surface area contributed by atoms with Gasteiger partial charge in [0.25, 0.3) is 5.91 Å². The number of fused-ring (bicyclic) bond motifs is 1. The number of nitrogens with one attached hydrogen (secondary N) is 3. The molecule has 1 unspecified atom stereocenters. The van der Waals surface area contributed by atoms with Crippen LogP contribution in [0.2, 0.25) is 5.02 Å². The first-order valence-electron chi connectivity index (χ1n) is 10.1. The van der Waals surface area contributed by atoms with Gasteiger partial charge in [0.2, 0.25) is 11.8 Å². The number of hydrogen-bond acceptors (Lipinski definition) is 3. The molecule has 0 aliphatic carbocycles. The molecule has 0 saturated heterocycles. The van der Waals surface area contributed by atoms with Gasteiger partial charge in [-0.25, -0.2) is 0 Å². The summed E-state index contributed by atoms with van der Waals surface area (Å²) in [5.74, 6) is -0.375. The first-order valence-corrected chi connectivity index (χ1v) is 10.5. The molecule has 7 heteroatoms. The Kier molecular flexibility index (Phi) is 7.11.